The molecule has 1 atom stereocenters. The molecule has 0 bridgehead atoms. The van der Waals surface area contributed by atoms with Crippen LogP contribution >= 0.6 is 0 Å². The average molecular weight is 523 g/mol. The molecule has 0 amide bonds. The zero-order valence-electron chi connectivity index (χ0n) is 21.9. The molecule has 1 aliphatic carbocycles. The molecule has 2 aromatic carbocycles. The molecule has 1 N–H and O–H groups in total. The molecule has 196 valence electrons. The Morgan fingerprint density at radius 3 is 2.59 bits per heavy atom. The number of nitrogens with one attached hydrogen (secondary N) is 1. The zero-order valence-corrected chi connectivity index (χ0v) is 21.9. The summed E-state index contributed by atoms with van der Waals surface area (Å²) in [5, 5.41) is 22.8. The number of hydrogen-bond donors (Lipinski definition) is 1. The molecule has 4 heterocycles. The summed E-state index contributed by atoms with van der Waals surface area (Å²) in [7, 11) is 0. The van der Waals surface area contributed by atoms with Gasteiger partial charge >= 0.3 is 5.69 Å². The van der Waals surface area contributed by atoms with E-state index in [2.05, 4.69) is 23.4 Å². The van der Waals surface area contributed by atoms with E-state index in [0.717, 1.165) is 59.4 Å². The van der Waals surface area contributed by atoms with Gasteiger partial charge in [0.2, 0.25) is 0 Å². The Labute approximate surface area is 223 Å². The molecule has 3 aromatic heterocycles. The van der Waals surface area contributed by atoms with E-state index in [1.165, 1.54) is 9.13 Å². The van der Waals surface area contributed by atoms with Gasteiger partial charge in [0.05, 0.1) is 51.8 Å². The number of halogens is 1. The number of fused-ring (bicyclic) bond motifs is 2. The summed E-state index contributed by atoms with van der Waals surface area (Å²) < 4.78 is 22.3. The van der Waals surface area contributed by atoms with Gasteiger partial charge in [0, 0.05) is 37.0 Å². The molecule has 5 aromatic rings. The molecule has 39 heavy (non-hydrogen) atoms. The Balaban J connectivity index is 1.42. The summed E-state index contributed by atoms with van der Waals surface area (Å²) >= 11 is 0. The highest BCUT2D eigenvalue weighted by Gasteiger charge is 2.30. The van der Waals surface area contributed by atoms with Crippen molar-refractivity contribution in [3.63, 3.8) is 0 Å². The fourth-order valence-corrected chi connectivity index (χ4v) is 5.85. The van der Waals surface area contributed by atoms with E-state index in [1.807, 2.05) is 36.7 Å². The predicted octanol–water partition coefficient (Wildman–Crippen LogP) is 4.33. The smallest absolute Gasteiger partial charge is 0.310 e. The van der Waals surface area contributed by atoms with E-state index in [1.54, 1.807) is 29.3 Å². The van der Waals surface area contributed by atoms with Crippen LogP contribution in [0.4, 0.5) is 4.39 Å². The first-order chi connectivity index (χ1) is 18.9. The normalized spacial score (nSPS) is 16.9. The summed E-state index contributed by atoms with van der Waals surface area (Å²) in [5.41, 5.74) is 5.44. The van der Waals surface area contributed by atoms with Crippen molar-refractivity contribution in [1.29, 1.82) is 5.26 Å². The molecule has 1 saturated carbocycles. The van der Waals surface area contributed by atoms with Gasteiger partial charge in [-0.05, 0) is 69.0 Å². The average Bonchev–Trinajstić information content (AvgIpc) is 3.36. The maximum absolute atomic E-state index is 15.7. The second-order valence-corrected chi connectivity index (χ2v) is 10.6. The lowest BCUT2D eigenvalue weighted by Crippen LogP contribution is -2.30. The number of benzene rings is 2. The van der Waals surface area contributed by atoms with E-state index >= 15 is 4.39 Å². The monoisotopic (exact) mass is 522 g/mol. The summed E-state index contributed by atoms with van der Waals surface area (Å²) in [6.07, 6.45) is 7.62. The SMILES string of the molecule is Cc1cc(-n2nc3c(c2-n2ccn(-c4ccc5c(cnn5C5CC5)c4F)c2=O)[C@H](C)NCC3)cc(C)c1C#N. The standard InChI is InChI=1S/C29H27FN8O/c1-16-12-20(13-17(2)21(16)14-31)38-28(26-18(3)32-9-8-23(26)34-38)36-11-10-35(29(36)39)25-7-6-24-22(27(25)30)15-33-37(24)19-4-5-19/h6-7,10-13,15,18-19,32H,4-5,8-9H2,1-3H3/t18-/m0/s1. The molecule has 0 spiro atoms. The molecule has 0 radical (unpaired) electrons. The predicted molar refractivity (Wildman–Crippen MR) is 144 cm³/mol. The fourth-order valence-electron chi connectivity index (χ4n) is 5.85. The number of hydrogen-bond acceptors (Lipinski definition) is 5. The first kappa shape index (κ1) is 23.6. The third kappa shape index (κ3) is 3.50. The van der Waals surface area contributed by atoms with Crippen molar-refractivity contribution in [2.45, 2.75) is 52.1 Å². The third-order valence-electron chi connectivity index (χ3n) is 7.94. The van der Waals surface area contributed by atoms with Gasteiger partial charge in [-0.2, -0.15) is 15.5 Å². The van der Waals surface area contributed by atoms with Crippen LogP contribution in [0.5, 0.6) is 0 Å². The van der Waals surface area contributed by atoms with Gasteiger partial charge in [-0.3, -0.25) is 13.8 Å². The maximum Gasteiger partial charge on any atom is 0.338 e. The molecular weight excluding hydrogens is 495 g/mol. The Morgan fingerprint density at radius 1 is 1.13 bits per heavy atom. The van der Waals surface area contributed by atoms with Crippen molar-refractivity contribution < 1.29 is 4.39 Å². The quantitative estimate of drug-likeness (QED) is 0.379. The largest absolute Gasteiger partial charge is 0.338 e. The number of aromatic nitrogens is 6. The van der Waals surface area contributed by atoms with Gasteiger partial charge < -0.3 is 5.32 Å². The topological polar surface area (TPSA) is 98.4 Å². The summed E-state index contributed by atoms with van der Waals surface area (Å²) in [6.45, 7) is 6.63. The molecule has 0 saturated heterocycles. The van der Waals surface area contributed by atoms with Gasteiger partial charge in [-0.25, -0.2) is 13.9 Å². The Morgan fingerprint density at radius 2 is 1.87 bits per heavy atom. The van der Waals surface area contributed by atoms with Gasteiger partial charge in [0.25, 0.3) is 0 Å². The lowest BCUT2D eigenvalue weighted by atomic mass is 10.0. The van der Waals surface area contributed by atoms with Crippen molar-refractivity contribution in [1.82, 2.24) is 34.0 Å². The van der Waals surface area contributed by atoms with Crippen LogP contribution in [0.1, 0.15) is 59.8 Å². The van der Waals surface area contributed by atoms with Crippen LogP contribution in [0.3, 0.4) is 0 Å². The van der Waals surface area contributed by atoms with Crippen molar-refractivity contribution in [2.75, 3.05) is 6.54 Å². The minimum atomic E-state index is -0.469. The zero-order chi connectivity index (χ0) is 27.0. The van der Waals surface area contributed by atoms with E-state index in [-0.39, 0.29) is 11.7 Å². The van der Waals surface area contributed by atoms with Crippen LogP contribution in [0.2, 0.25) is 0 Å². The molecule has 7 rings (SSSR count). The summed E-state index contributed by atoms with van der Waals surface area (Å²) in [6, 6.07) is 9.87. The minimum absolute atomic E-state index is 0.0327. The molecule has 1 aliphatic heterocycles. The second kappa shape index (κ2) is 8.51. The number of rotatable bonds is 4. The fraction of sp³-hybridized carbons (Fsp3) is 0.310. The molecule has 10 heteroatoms. The van der Waals surface area contributed by atoms with E-state index in [9.17, 15) is 10.1 Å². The summed E-state index contributed by atoms with van der Waals surface area (Å²) in [4.78, 5) is 13.9. The Bertz CT molecular complexity index is 1870. The molecule has 2 aliphatic rings. The Kier molecular flexibility index (Phi) is 5.15. The highest BCUT2D eigenvalue weighted by atomic mass is 19.1. The maximum atomic E-state index is 15.7. The van der Waals surface area contributed by atoms with Crippen molar-refractivity contribution >= 4 is 10.9 Å². The van der Waals surface area contributed by atoms with Gasteiger partial charge in [-0.15, -0.1) is 0 Å². The first-order valence-electron chi connectivity index (χ1n) is 13.2. The van der Waals surface area contributed by atoms with Crippen molar-refractivity contribution in [3.05, 3.63) is 87.1 Å². The van der Waals surface area contributed by atoms with E-state index < -0.39 is 11.5 Å². The lowest BCUT2D eigenvalue weighted by Gasteiger charge is -2.21. The van der Waals surface area contributed by atoms with Crippen LogP contribution < -0.4 is 11.0 Å². The van der Waals surface area contributed by atoms with Crippen molar-refractivity contribution in [3.8, 4) is 23.3 Å². The third-order valence-corrected chi connectivity index (χ3v) is 7.94. The van der Waals surface area contributed by atoms with Gasteiger partial charge in [-0.1, -0.05) is 0 Å². The van der Waals surface area contributed by atoms with Gasteiger partial charge in [0.1, 0.15) is 5.82 Å². The van der Waals surface area contributed by atoms with Crippen LogP contribution in [0.25, 0.3) is 28.1 Å². The van der Waals surface area contributed by atoms with Gasteiger partial charge in [0.15, 0.2) is 5.82 Å². The number of nitriles is 1. The highest BCUT2D eigenvalue weighted by molar-refractivity contribution is 5.82. The first-order valence-corrected chi connectivity index (χ1v) is 13.2. The van der Waals surface area contributed by atoms with E-state index in [0.29, 0.717) is 22.8 Å². The highest BCUT2D eigenvalue weighted by Crippen LogP contribution is 2.37. The number of imidazole rings is 1. The van der Waals surface area contributed by atoms with Crippen LogP contribution in [0.15, 0.2) is 47.7 Å². The molecular formula is C29H27FN8O. The van der Waals surface area contributed by atoms with Crippen LogP contribution in [0, 0.1) is 31.0 Å². The number of nitrogens with zero attached hydrogens (tertiary/aromatic N) is 7. The minimum Gasteiger partial charge on any atom is -0.310 e. The Hall–Kier alpha value is -4.49. The molecule has 0 unspecified atom stereocenters. The lowest BCUT2D eigenvalue weighted by molar-refractivity contribution is 0.536. The molecule has 1 fully saturated rings. The van der Waals surface area contributed by atoms with Crippen LogP contribution in [-0.4, -0.2) is 35.2 Å². The van der Waals surface area contributed by atoms with Crippen molar-refractivity contribution in [2.24, 2.45) is 0 Å². The summed E-state index contributed by atoms with van der Waals surface area (Å²) in [5.74, 6) is 0.142. The molecule has 9 nitrogen and oxygen atoms in total. The number of aryl methyl sites for hydroxylation is 2. The second-order valence-electron chi connectivity index (χ2n) is 10.6. The van der Waals surface area contributed by atoms with E-state index in [4.69, 9.17) is 5.10 Å². The van der Waals surface area contributed by atoms with Crippen LogP contribution in [-0.2, 0) is 6.42 Å².